The van der Waals surface area contributed by atoms with Gasteiger partial charge in [0.25, 0.3) is 10.1 Å². The number of hydrogen-bond donors (Lipinski definition) is 2. The normalized spacial score (nSPS) is 12.9. The maximum Gasteiger partial charge on any atom is 0.266 e. The SMILES string of the molecule is Cl.NC(Cc1ccccc1)CS(=O)(=O)O. The van der Waals surface area contributed by atoms with E-state index < -0.39 is 21.9 Å². The zero-order chi connectivity index (χ0) is 10.6. The fraction of sp³-hybridized carbons (Fsp3) is 0.333. The summed E-state index contributed by atoms with van der Waals surface area (Å²) in [6, 6.07) is 8.75. The summed E-state index contributed by atoms with van der Waals surface area (Å²) in [6.07, 6.45) is 0.445. The predicted octanol–water partition coefficient (Wildman–Crippen LogP) is 0.866. The van der Waals surface area contributed by atoms with E-state index >= 15 is 0 Å². The van der Waals surface area contributed by atoms with Crippen LogP contribution in [0.5, 0.6) is 0 Å². The highest BCUT2D eigenvalue weighted by atomic mass is 35.5. The van der Waals surface area contributed by atoms with Gasteiger partial charge in [-0.1, -0.05) is 30.3 Å². The van der Waals surface area contributed by atoms with E-state index in [0.29, 0.717) is 6.42 Å². The molecule has 0 saturated carbocycles. The molecule has 15 heavy (non-hydrogen) atoms. The quantitative estimate of drug-likeness (QED) is 0.778. The van der Waals surface area contributed by atoms with Crippen LogP contribution in [0.15, 0.2) is 30.3 Å². The van der Waals surface area contributed by atoms with Crippen molar-refractivity contribution in [3.63, 3.8) is 0 Å². The molecule has 0 bridgehead atoms. The average molecular weight is 252 g/mol. The fourth-order valence-electron chi connectivity index (χ4n) is 1.25. The van der Waals surface area contributed by atoms with Gasteiger partial charge in [0, 0.05) is 6.04 Å². The van der Waals surface area contributed by atoms with Gasteiger partial charge in [-0.2, -0.15) is 8.42 Å². The van der Waals surface area contributed by atoms with E-state index in [-0.39, 0.29) is 12.4 Å². The first-order valence-electron chi connectivity index (χ1n) is 4.22. The summed E-state index contributed by atoms with van der Waals surface area (Å²) in [5, 5.41) is 0. The molecular weight excluding hydrogens is 238 g/mol. The van der Waals surface area contributed by atoms with Gasteiger partial charge in [-0.25, -0.2) is 0 Å². The Balaban J connectivity index is 0.00000196. The molecule has 4 nitrogen and oxygen atoms in total. The van der Waals surface area contributed by atoms with E-state index in [1.165, 1.54) is 0 Å². The van der Waals surface area contributed by atoms with E-state index in [0.717, 1.165) is 5.56 Å². The lowest BCUT2D eigenvalue weighted by Crippen LogP contribution is -2.31. The molecule has 86 valence electrons. The van der Waals surface area contributed by atoms with Crippen LogP contribution in [0.1, 0.15) is 5.56 Å². The van der Waals surface area contributed by atoms with Crippen LogP contribution in [0.4, 0.5) is 0 Å². The van der Waals surface area contributed by atoms with Crippen molar-refractivity contribution in [1.29, 1.82) is 0 Å². The van der Waals surface area contributed by atoms with Gasteiger partial charge in [-0.15, -0.1) is 12.4 Å². The van der Waals surface area contributed by atoms with Crippen molar-refractivity contribution < 1.29 is 13.0 Å². The first kappa shape index (κ1) is 14.4. The Morgan fingerprint density at radius 3 is 2.27 bits per heavy atom. The number of benzene rings is 1. The van der Waals surface area contributed by atoms with E-state index in [4.69, 9.17) is 10.3 Å². The van der Waals surface area contributed by atoms with Gasteiger partial charge in [-0.3, -0.25) is 4.55 Å². The summed E-state index contributed by atoms with van der Waals surface area (Å²) in [7, 11) is -3.97. The summed E-state index contributed by atoms with van der Waals surface area (Å²) >= 11 is 0. The second-order valence-corrected chi connectivity index (χ2v) is 4.70. The summed E-state index contributed by atoms with van der Waals surface area (Å²) in [5.41, 5.74) is 6.51. The van der Waals surface area contributed by atoms with Gasteiger partial charge in [-0.05, 0) is 12.0 Å². The van der Waals surface area contributed by atoms with Crippen molar-refractivity contribution in [3.8, 4) is 0 Å². The highest BCUT2D eigenvalue weighted by molar-refractivity contribution is 7.85. The van der Waals surface area contributed by atoms with Crippen molar-refractivity contribution in [3.05, 3.63) is 35.9 Å². The van der Waals surface area contributed by atoms with Crippen molar-refractivity contribution in [1.82, 2.24) is 0 Å². The molecule has 0 aliphatic carbocycles. The minimum atomic E-state index is -3.97. The Morgan fingerprint density at radius 1 is 1.27 bits per heavy atom. The standard InChI is InChI=1S/C9H13NO3S.ClH/c10-9(7-14(11,12)13)6-8-4-2-1-3-5-8;/h1-5,9H,6-7,10H2,(H,11,12,13);1H. The van der Waals surface area contributed by atoms with Gasteiger partial charge >= 0.3 is 0 Å². The predicted molar refractivity (Wildman–Crippen MR) is 61.8 cm³/mol. The summed E-state index contributed by atoms with van der Waals surface area (Å²) in [6.45, 7) is 0. The molecule has 1 aromatic rings. The lowest BCUT2D eigenvalue weighted by Gasteiger charge is -2.08. The van der Waals surface area contributed by atoms with Crippen LogP contribution in [0, 0.1) is 0 Å². The molecule has 0 radical (unpaired) electrons. The zero-order valence-electron chi connectivity index (χ0n) is 8.04. The lowest BCUT2D eigenvalue weighted by molar-refractivity contribution is 0.476. The molecule has 6 heteroatoms. The molecule has 3 N–H and O–H groups in total. The zero-order valence-corrected chi connectivity index (χ0v) is 9.67. The Hall–Kier alpha value is -0.620. The second kappa shape index (κ2) is 6.07. The lowest BCUT2D eigenvalue weighted by atomic mass is 10.1. The molecule has 0 saturated heterocycles. The summed E-state index contributed by atoms with van der Waals surface area (Å²) < 4.78 is 29.6. The maximum absolute atomic E-state index is 10.5. The Labute approximate surface area is 95.6 Å². The largest absolute Gasteiger partial charge is 0.326 e. The fourth-order valence-corrected chi connectivity index (χ4v) is 1.91. The number of hydrogen-bond acceptors (Lipinski definition) is 3. The topological polar surface area (TPSA) is 80.4 Å². The average Bonchev–Trinajstić information content (AvgIpc) is 2.02. The van der Waals surface area contributed by atoms with Gasteiger partial charge < -0.3 is 5.73 Å². The van der Waals surface area contributed by atoms with Crippen molar-refractivity contribution in [2.45, 2.75) is 12.5 Å². The molecular formula is C9H14ClNO3S. The molecule has 1 rings (SSSR count). The Morgan fingerprint density at radius 2 is 1.80 bits per heavy atom. The molecule has 0 amide bonds. The Kier molecular flexibility index (Phi) is 5.82. The molecule has 0 spiro atoms. The molecule has 0 aliphatic rings. The molecule has 0 heterocycles. The molecule has 0 aromatic heterocycles. The molecule has 1 atom stereocenters. The van der Waals surface area contributed by atoms with E-state index in [2.05, 4.69) is 0 Å². The summed E-state index contributed by atoms with van der Waals surface area (Å²) in [5.74, 6) is -0.401. The first-order chi connectivity index (χ1) is 6.47. The first-order valence-corrected chi connectivity index (χ1v) is 5.83. The van der Waals surface area contributed by atoms with Crippen molar-refractivity contribution in [2.75, 3.05) is 5.75 Å². The maximum atomic E-state index is 10.5. The van der Waals surface area contributed by atoms with Crippen molar-refractivity contribution in [2.24, 2.45) is 5.73 Å². The van der Waals surface area contributed by atoms with E-state index in [1.54, 1.807) is 0 Å². The third-order valence-corrected chi connectivity index (χ3v) is 2.61. The number of nitrogens with two attached hydrogens (primary N) is 1. The second-order valence-electron chi connectivity index (χ2n) is 3.20. The third kappa shape index (κ3) is 6.46. The summed E-state index contributed by atoms with van der Waals surface area (Å²) in [4.78, 5) is 0. The minimum absolute atomic E-state index is 0. The van der Waals surface area contributed by atoms with Crippen LogP contribution in [-0.4, -0.2) is 24.8 Å². The molecule has 0 fully saturated rings. The third-order valence-electron chi connectivity index (χ3n) is 1.77. The van der Waals surface area contributed by atoms with Crippen LogP contribution in [0.3, 0.4) is 0 Å². The van der Waals surface area contributed by atoms with Crippen LogP contribution in [0.2, 0.25) is 0 Å². The van der Waals surface area contributed by atoms with Gasteiger partial charge in [0.2, 0.25) is 0 Å². The van der Waals surface area contributed by atoms with Crippen LogP contribution in [-0.2, 0) is 16.5 Å². The monoisotopic (exact) mass is 251 g/mol. The van der Waals surface area contributed by atoms with Gasteiger partial charge in [0.05, 0.1) is 5.75 Å². The van der Waals surface area contributed by atoms with E-state index in [9.17, 15) is 8.42 Å². The highest BCUT2D eigenvalue weighted by Crippen LogP contribution is 2.02. The van der Waals surface area contributed by atoms with Gasteiger partial charge in [0.15, 0.2) is 0 Å². The van der Waals surface area contributed by atoms with Crippen LogP contribution < -0.4 is 5.73 Å². The molecule has 0 aliphatic heterocycles. The molecule has 1 aromatic carbocycles. The number of rotatable bonds is 4. The molecule has 1 unspecified atom stereocenters. The smallest absolute Gasteiger partial charge is 0.266 e. The highest BCUT2D eigenvalue weighted by Gasteiger charge is 2.12. The van der Waals surface area contributed by atoms with Crippen LogP contribution in [0.25, 0.3) is 0 Å². The number of halogens is 1. The van der Waals surface area contributed by atoms with Crippen molar-refractivity contribution >= 4 is 22.5 Å². The Bertz CT molecular complexity index is 380. The van der Waals surface area contributed by atoms with Gasteiger partial charge in [0.1, 0.15) is 0 Å². The van der Waals surface area contributed by atoms with Crippen LogP contribution >= 0.6 is 12.4 Å². The van der Waals surface area contributed by atoms with E-state index in [1.807, 2.05) is 30.3 Å². The minimum Gasteiger partial charge on any atom is -0.326 e.